The lowest BCUT2D eigenvalue weighted by molar-refractivity contribution is 0.318. The van der Waals surface area contributed by atoms with Crippen molar-refractivity contribution in [3.8, 4) is 17.0 Å². The molecule has 3 aromatic rings. The molecular formula is C20H24N2O. The van der Waals surface area contributed by atoms with E-state index in [0.717, 1.165) is 34.3 Å². The zero-order valence-corrected chi connectivity index (χ0v) is 14.3. The minimum absolute atomic E-state index is 0.0874. The summed E-state index contributed by atoms with van der Waals surface area (Å²) >= 11 is 0. The number of hydrogen-bond donors (Lipinski definition) is 1. The van der Waals surface area contributed by atoms with Crippen molar-refractivity contribution in [3.63, 3.8) is 0 Å². The third-order valence-corrected chi connectivity index (χ3v) is 4.03. The molecule has 0 saturated heterocycles. The zero-order valence-electron chi connectivity index (χ0n) is 14.3. The molecule has 0 radical (unpaired) electrons. The molecule has 0 bridgehead atoms. The van der Waals surface area contributed by atoms with Crippen molar-refractivity contribution in [2.45, 2.75) is 39.5 Å². The van der Waals surface area contributed by atoms with Gasteiger partial charge in [0.2, 0.25) is 0 Å². The molecule has 0 aliphatic heterocycles. The predicted octanol–water partition coefficient (Wildman–Crippen LogP) is 5.32. The number of aromatic amines is 1. The second-order valence-electron chi connectivity index (χ2n) is 6.93. The van der Waals surface area contributed by atoms with Gasteiger partial charge in [-0.2, -0.15) is 5.10 Å². The minimum Gasteiger partial charge on any atom is -0.493 e. The molecule has 1 heterocycles. The van der Waals surface area contributed by atoms with E-state index < -0.39 is 0 Å². The van der Waals surface area contributed by atoms with Gasteiger partial charge >= 0.3 is 0 Å². The second-order valence-corrected chi connectivity index (χ2v) is 6.93. The molecule has 3 rings (SSSR count). The molecule has 2 aromatic carbocycles. The van der Waals surface area contributed by atoms with E-state index in [1.54, 1.807) is 0 Å². The highest BCUT2D eigenvalue weighted by Gasteiger charge is 2.19. The number of ether oxygens (including phenoxy) is 1. The van der Waals surface area contributed by atoms with Crippen LogP contribution in [0.15, 0.2) is 42.5 Å². The van der Waals surface area contributed by atoms with Crippen molar-refractivity contribution < 1.29 is 4.74 Å². The molecular weight excluding hydrogens is 284 g/mol. The van der Waals surface area contributed by atoms with Gasteiger partial charge in [-0.15, -0.1) is 0 Å². The lowest BCUT2D eigenvalue weighted by atomic mass is 9.85. The standard InChI is InChI=1S/C20H24N2O/c1-5-12-23-18-11-10-14(20(2,3)4)13-16(18)19-15-8-6-7-9-17(15)21-22-19/h6-11,13H,5,12H2,1-4H3,(H,21,22). The summed E-state index contributed by atoms with van der Waals surface area (Å²) < 4.78 is 5.97. The van der Waals surface area contributed by atoms with Crippen LogP contribution in [0.2, 0.25) is 0 Å². The Morgan fingerprint density at radius 1 is 1.09 bits per heavy atom. The monoisotopic (exact) mass is 308 g/mol. The van der Waals surface area contributed by atoms with Crippen LogP contribution in [0.4, 0.5) is 0 Å². The van der Waals surface area contributed by atoms with Crippen molar-refractivity contribution >= 4 is 10.9 Å². The molecule has 120 valence electrons. The quantitative estimate of drug-likeness (QED) is 0.708. The van der Waals surface area contributed by atoms with E-state index in [1.807, 2.05) is 18.2 Å². The van der Waals surface area contributed by atoms with Gasteiger partial charge in [0.05, 0.1) is 12.1 Å². The fourth-order valence-electron chi connectivity index (χ4n) is 2.69. The first-order chi connectivity index (χ1) is 11.0. The first-order valence-corrected chi connectivity index (χ1v) is 8.21. The SMILES string of the molecule is CCCOc1ccc(C(C)(C)C)cc1-c1n[nH]c2ccccc12. The summed E-state index contributed by atoms with van der Waals surface area (Å²) in [6.07, 6.45) is 0.988. The van der Waals surface area contributed by atoms with Crippen LogP contribution in [0.1, 0.15) is 39.7 Å². The molecule has 0 saturated carbocycles. The number of nitrogens with zero attached hydrogens (tertiary/aromatic N) is 1. The highest BCUT2D eigenvalue weighted by molar-refractivity contribution is 5.94. The number of hydrogen-bond acceptors (Lipinski definition) is 2. The number of nitrogens with one attached hydrogen (secondary N) is 1. The first-order valence-electron chi connectivity index (χ1n) is 8.21. The topological polar surface area (TPSA) is 37.9 Å². The average Bonchev–Trinajstić information content (AvgIpc) is 2.95. The van der Waals surface area contributed by atoms with Gasteiger partial charge < -0.3 is 4.74 Å². The molecule has 1 aromatic heterocycles. The summed E-state index contributed by atoms with van der Waals surface area (Å²) in [6, 6.07) is 14.7. The summed E-state index contributed by atoms with van der Waals surface area (Å²) in [6.45, 7) is 9.50. The van der Waals surface area contributed by atoms with Crippen molar-refractivity contribution in [1.82, 2.24) is 10.2 Å². The van der Waals surface area contributed by atoms with Gasteiger partial charge in [-0.1, -0.05) is 52.0 Å². The van der Waals surface area contributed by atoms with E-state index >= 15 is 0 Å². The van der Waals surface area contributed by atoms with Crippen LogP contribution >= 0.6 is 0 Å². The molecule has 23 heavy (non-hydrogen) atoms. The van der Waals surface area contributed by atoms with Gasteiger partial charge in [0, 0.05) is 10.9 Å². The molecule has 0 amide bonds. The van der Waals surface area contributed by atoms with E-state index in [0.29, 0.717) is 6.61 Å². The van der Waals surface area contributed by atoms with Gasteiger partial charge in [0.25, 0.3) is 0 Å². The Hall–Kier alpha value is -2.29. The van der Waals surface area contributed by atoms with Crippen molar-refractivity contribution in [3.05, 3.63) is 48.0 Å². The molecule has 3 nitrogen and oxygen atoms in total. The Balaban J connectivity index is 2.18. The van der Waals surface area contributed by atoms with Gasteiger partial charge in [0.15, 0.2) is 0 Å². The Bertz CT molecular complexity index is 812. The molecule has 0 aliphatic rings. The van der Waals surface area contributed by atoms with Gasteiger partial charge in [-0.05, 0) is 35.6 Å². The maximum absolute atomic E-state index is 5.97. The van der Waals surface area contributed by atoms with Crippen LogP contribution in [-0.4, -0.2) is 16.8 Å². The molecule has 0 unspecified atom stereocenters. The van der Waals surface area contributed by atoms with Gasteiger partial charge in [0.1, 0.15) is 11.4 Å². The highest BCUT2D eigenvalue weighted by atomic mass is 16.5. The molecule has 0 aliphatic carbocycles. The van der Waals surface area contributed by atoms with E-state index in [4.69, 9.17) is 4.74 Å². The number of para-hydroxylation sites is 1. The third-order valence-electron chi connectivity index (χ3n) is 4.03. The van der Waals surface area contributed by atoms with Crippen molar-refractivity contribution in [2.24, 2.45) is 0 Å². The molecule has 0 spiro atoms. The number of H-pyrrole nitrogens is 1. The van der Waals surface area contributed by atoms with E-state index in [1.165, 1.54) is 5.56 Å². The van der Waals surface area contributed by atoms with E-state index in [-0.39, 0.29) is 5.41 Å². The minimum atomic E-state index is 0.0874. The summed E-state index contributed by atoms with van der Waals surface area (Å²) in [5.41, 5.74) is 4.43. The van der Waals surface area contributed by atoms with Crippen molar-refractivity contribution in [2.75, 3.05) is 6.61 Å². The summed E-state index contributed by atoms with van der Waals surface area (Å²) in [4.78, 5) is 0. The first kappa shape index (κ1) is 15.6. The Kier molecular flexibility index (Phi) is 4.12. The number of benzene rings is 2. The van der Waals surface area contributed by atoms with Crippen LogP contribution in [0.3, 0.4) is 0 Å². The van der Waals surface area contributed by atoms with E-state index in [2.05, 4.69) is 62.2 Å². The summed E-state index contributed by atoms with van der Waals surface area (Å²) in [5.74, 6) is 0.900. The number of fused-ring (bicyclic) bond motifs is 1. The maximum atomic E-state index is 5.97. The zero-order chi connectivity index (χ0) is 16.4. The summed E-state index contributed by atoms with van der Waals surface area (Å²) in [5, 5.41) is 8.80. The fraction of sp³-hybridized carbons (Fsp3) is 0.350. The van der Waals surface area contributed by atoms with Gasteiger partial charge in [-0.3, -0.25) is 5.10 Å². The Labute approximate surface area is 137 Å². The maximum Gasteiger partial charge on any atom is 0.128 e. The Morgan fingerprint density at radius 3 is 2.61 bits per heavy atom. The lowest BCUT2D eigenvalue weighted by Crippen LogP contribution is -2.11. The van der Waals surface area contributed by atoms with Crippen LogP contribution in [0, 0.1) is 0 Å². The van der Waals surface area contributed by atoms with Crippen LogP contribution in [0.5, 0.6) is 5.75 Å². The normalized spacial score (nSPS) is 11.8. The number of aromatic nitrogens is 2. The summed E-state index contributed by atoms with van der Waals surface area (Å²) in [7, 11) is 0. The third kappa shape index (κ3) is 3.09. The molecule has 0 atom stereocenters. The predicted molar refractivity (Wildman–Crippen MR) is 96.0 cm³/mol. The van der Waals surface area contributed by atoms with E-state index in [9.17, 15) is 0 Å². The van der Waals surface area contributed by atoms with Crippen molar-refractivity contribution in [1.29, 1.82) is 0 Å². The fourth-order valence-corrected chi connectivity index (χ4v) is 2.69. The lowest BCUT2D eigenvalue weighted by Gasteiger charge is -2.21. The van der Waals surface area contributed by atoms with Crippen LogP contribution in [0.25, 0.3) is 22.2 Å². The largest absolute Gasteiger partial charge is 0.493 e. The average molecular weight is 308 g/mol. The van der Waals surface area contributed by atoms with Gasteiger partial charge in [-0.25, -0.2) is 0 Å². The van der Waals surface area contributed by atoms with Crippen LogP contribution < -0.4 is 4.74 Å². The molecule has 1 N–H and O–H groups in total. The molecule has 3 heteroatoms. The van der Waals surface area contributed by atoms with Crippen LogP contribution in [-0.2, 0) is 5.41 Å². The number of rotatable bonds is 4. The molecule has 0 fully saturated rings. The smallest absolute Gasteiger partial charge is 0.128 e. The highest BCUT2D eigenvalue weighted by Crippen LogP contribution is 2.37. The second kappa shape index (κ2) is 6.07. The Morgan fingerprint density at radius 2 is 1.87 bits per heavy atom.